The van der Waals surface area contributed by atoms with E-state index in [0.717, 1.165) is 23.7 Å². The van der Waals surface area contributed by atoms with Gasteiger partial charge < -0.3 is 15.6 Å². The second kappa shape index (κ2) is 13.2. The number of thioether (sulfide) groups is 1. The first kappa shape index (κ1) is 27.6. The number of nitrogens with one attached hydrogen (secondary N) is 3. The molecule has 7 nitrogen and oxygen atoms in total. The lowest BCUT2D eigenvalue weighted by molar-refractivity contribution is -0.125. The van der Waals surface area contributed by atoms with Crippen molar-refractivity contribution in [2.75, 3.05) is 19.8 Å². The molecule has 0 aliphatic heterocycles. The summed E-state index contributed by atoms with van der Waals surface area (Å²) in [5, 5.41) is 18.3. The number of rotatable bonds is 12. The first-order valence-electron chi connectivity index (χ1n) is 10.8. The van der Waals surface area contributed by atoms with Gasteiger partial charge in [-0.05, 0) is 23.5 Å². The molecule has 0 saturated heterocycles. The molecule has 0 bridgehead atoms. The van der Waals surface area contributed by atoms with Crippen LogP contribution in [0.3, 0.4) is 0 Å². The topological polar surface area (TPSA) is 114 Å². The minimum Gasteiger partial charge on any atom is -0.366 e. The van der Waals surface area contributed by atoms with E-state index in [2.05, 4.69) is 19.2 Å². The number of ketones is 1. The Morgan fingerprint density at radius 3 is 2.12 bits per heavy atom. The molecule has 0 aliphatic rings. The van der Waals surface area contributed by atoms with Gasteiger partial charge in [0.2, 0.25) is 5.91 Å². The maximum Gasteiger partial charge on any atom is 0.217 e. The number of benzene rings is 1. The van der Waals surface area contributed by atoms with E-state index in [-0.39, 0.29) is 52.9 Å². The van der Waals surface area contributed by atoms with Crippen molar-refractivity contribution in [2.24, 2.45) is 5.92 Å². The summed E-state index contributed by atoms with van der Waals surface area (Å²) in [6, 6.07) is 7.18. The average molecular weight is 461 g/mol. The van der Waals surface area contributed by atoms with Crippen LogP contribution >= 0.6 is 11.8 Å². The van der Waals surface area contributed by atoms with E-state index in [9.17, 15) is 14.4 Å². The van der Waals surface area contributed by atoms with Crippen LogP contribution in [0, 0.1) is 16.7 Å². The Morgan fingerprint density at radius 2 is 1.62 bits per heavy atom. The molecule has 0 radical (unpaired) electrons. The van der Waals surface area contributed by atoms with Crippen molar-refractivity contribution in [3.05, 3.63) is 35.4 Å². The molecule has 0 saturated carbocycles. The molecule has 1 aromatic rings. The molecule has 1 amide bonds. The first-order valence-corrected chi connectivity index (χ1v) is 11.8. The summed E-state index contributed by atoms with van der Waals surface area (Å²) in [6.45, 7) is 7.49. The molecule has 176 valence electrons. The monoisotopic (exact) mass is 460 g/mol. The number of Topliss-reactive ketones (excluding diaryl/α,β-unsaturated/α-hetero) is 1. The van der Waals surface area contributed by atoms with E-state index < -0.39 is 6.04 Å². The van der Waals surface area contributed by atoms with E-state index in [0.29, 0.717) is 5.92 Å². The number of hydrogen-bond acceptors (Lipinski definition) is 6. The van der Waals surface area contributed by atoms with Crippen LogP contribution in [0.4, 0.5) is 0 Å². The van der Waals surface area contributed by atoms with Gasteiger partial charge in [-0.2, -0.15) is 0 Å². The van der Waals surface area contributed by atoms with Crippen LogP contribution < -0.4 is 5.32 Å². The van der Waals surface area contributed by atoms with Gasteiger partial charge in [0.1, 0.15) is 5.84 Å². The van der Waals surface area contributed by atoms with Gasteiger partial charge in [-0.15, -0.1) is 0 Å². The summed E-state index contributed by atoms with van der Waals surface area (Å²) in [5.41, 5.74) is 2.26. The lowest BCUT2D eigenvalue weighted by Crippen LogP contribution is -2.42. The van der Waals surface area contributed by atoms with E-state index in [1.807, 2.05) is 31.2 Å². The highest BCUT2D eigenvalue weighted by molar-refractivity contribution is 8.13. The van der Waals surface area contributed by atoms with Gasteiger partial charge in [-0.25, -0.2) is 0 Å². The Hall–Kier alpha value is -2.48. The Morgan fingerprint density at radius 1 is 1.03 bits per heavy atom. The second-order valence-corrected chi connectivity index (χ2v) is 9.73. The smallest absolute Gasteiger partial charge is 0.217 e. The molecule has 0 aliphatic carbocycles. The number of amidine groups is 1. The highest BCUT2D eigenvalue weighted by atomic mass is 32.2. The van der Waals surface area contributed by atoms with Gasteiger partial charge in [0, 0.05) is 45.3 Å². The van der Waals surface area contributed by atoms with E-state index in [4.69, 9.17) is 10.8 Å². The molecule has 2 atom stereocenters. The van der Waals surface area contributed by atoms with Crippen LogP contribution in [0.5, 0.6) is 0 Å². The largest absolute Gasteiger partial charge is 0.366 e. The minimum absolute atomic E-state index is 0.0709. The standard InChI is InChI=1S/C24H36N4O3S/c1-15(2)11-18-7-9-19(10-8-18)16(3)24(31)32-14-21(27-17(4)29)22(30)12-20(25)13-23(26)28(5)6/h7-10,15-16,21,25-26H,11-14H2,1-6H3,(H,27,29)/t16-,21+/m1/s1. The van der Waals surface area contributed by atoms with Gasteiger partial charge in [0.15, 0.2) is 10.9 Å². The average Bonchev–Trinajstić information content (AvgIpc) is 2.69. The Labute approximate surface area is 195 Å². The summed E-state index contributed by atoms with van der Waals surface area (Å²) in [4.78, 5) is 38.5. The zero-order chi connectivity index (χ0) is 24.4. The highest BCUT2D eigenvalue weighted by Crippen LogP contribution is 2.24. The van der Waals surface area contributed by atoms with E-state index in [1.165, 1.54) is 12.5 Å². The summed E-state index contributed by atoms with van der Waals surface area (Å²) >= 11 is 1.02. The summed E-state index contributed by atoms with van der Waals surface area (Å²) in [6.07, 6.45) is 0.894. The van der Waals surface area contributed by atoms with Crippen LogP contribution in [-0.4, -0.2) is 59.1 Å². The Kier molecular flexibility index (Phi) is 11.3. The lowest BCUT2D eigenvalue weighted by atomic mass is 9.97. The zero-order valence-electron chi connectivity index (χ0n) is 20.0. The molecule has 8 heteroatoms. The van der Waals surface area contributed by atoms with Gasteiger partial charge in [0.05, 0.1) is 12.0 Å². The van der Waals surface area contributed by atoms with Crippen LogP contribution in [0.2, 0.25) is 0 Å². The fourth-order valence-corrected chi connectivity index (χ4v) is 4.04. The van der Waals surface area contributed by atoms with Crippen molar-refractivity contribution in [1.82, 2.24) is 10.2 Å². The number of carbonyl (C=O) groups excluding carboxylic acids is 3. The van der Waals surface area contributed by atoms with Gasteiger partial charge in [0.25, 0.3) is 0 Å². The van der Waals surface area contributed by atoms with Gasteiger partial charge >= 0.3 is 0 Å². The number of nitrogens with zero attached hydrogens (tertiary/aromatic N) is 1. The fourth-order valence-electron chi connectivity index (χ4n) is 3.06. The molecule has 32 heavy (non-hydrogen) atoms. The number of amides is 1. The molecular weight excluding hydrogens is 424 g/mol. The van der Waals surface area contributed by atoms with Crippen LogP contribution in [0.1, 0.15) is 57.6 Å². The van der Waals surface area contributed by atoms with Gasteiger partial charge in [-0.1, -0.05) is 56.8 Å². The molecule has 0 fully saturated rings. The van der Waals surface area contributed by atoms with Crippen LogP contribution in [-0.2, 0) is 20.8 Å². The molecule has 3 N–H and O–H groups in total. The van der Waals surface area contributed by atoms with Crippen LogP contribution in [0.25, 0.3) is 0 Å². The fraction of sp³-hybridized carbons (Fsp3) is 0.542. The van der Waals surface area contributed by atoms with Gasteiger partial charge in [-0.3, -0.25) is 19.8 Å². The third-order valence-electron chi connectivity index (χ3n) is 4.94. The molecule has 0 aromatic heterocycles. The van der Waals surface area contributed by atoms with E-state index >= 15 is 0 Å². The Bertz CT molecular complexity index is 834. The highest BCUT2D eigenvalue weighted by Gasteiger charge is 2.24. The van der Waals surface area contributed by atoms with Crippen molar-refractivity contribution in [3.63, 3.8) is 0 Å². The molecular formula is C24H36N4O3S. The van der Waals surface area contributed by atoms with Crippen molar-refractivity contribution in [3.8, 4) is 0 Å². The van der Waals surface area contributed by atoms with Crippen molar-refractivity contribution < 1.29 is 14.4 Å². The SMILES string of the molecule is CC(=O)N[C@@H](CSC(=O)[C@H](C)c1ccc(CC(C)C)cc1)C(=O)CC(=N)CC(=N)N(C)C. The quantitative estimate of drug-likeness (QED) is 0.325. The zero-order valence-corrected chi connectivity index (χ0v) is 20.8. The van der Waals surface area contributed by atoms with E-state index in [1.54, 1.807) is 19.0 Å². The number of carbonyl (C=O) groups is 3. The predicted molar refractivity (Wildman–Crippen MR) is 132 cm³/mol. The van der Waals surface area contributed by atoms with Crippen molar-refractivity contribution >= 4 is 40.1 Å². The van der Waals surface area contributed by atoms with Crippen molar-refractivity contribution in [2.45, 2.75) is 58.9 Å². The Balaban J connectivity index is 2.71. The minimum atomic E-state index is -0.851. The molecule has 0 unspecified atom stereocenters. The first-order chi connectivity index (χ1) is 14.9. The maximum atomic E-state index is 12.7. The molecule has 1 rings (SSSR count). The normalized spacial score (nSPS) is 12.7. The third-order valence-corrected chi connectivity index (χ3v) is 6.08. The summed E-state index contributed by atoms with van der Waals surface area (Å²) < 4.78 is 0. The molecule has 1 aromatic carbocycles. The number of hydrogen-bond donors (Lipinski definition) is 3. The summed E-state index contributed by atoms with van der Waals surface area (Å²) in [7, 11) is 3.41. The third kappa shape index (κ3) is 9.77. The summed E-state index contributed by atoms with van der Waals surface area (Å²) in [5.74, 6) is -0.114. The molecule has 0 spiro atoms. The van der Waals surface area contributed by atoms with Crippen LogP contribution in [0.15, 0.2) is 24.3 Å². The lowest BCUT2D eigenvalue weighted by Gasteiger charge is -2.19. The predicted octanol–water partition coefficient (Wildman–Crippen LogP) is 3.66. The maximum absolute atomic E-state index is 12.7. The van der Waals surface area contributed by atoms with Crippen molar-refractivity contribution in [1.29, 1.82) is 10.8 Å². The molecule has 0 heterocycles. The second-order valence-electron chi connectivity index (χ2n) is 8.71.